The molecule has 18 heavy (non-hydrogen) atoms. The van der Waals surface area contributed by atoms with Gasteiger partial charge in [0.2, 0.25) is 0 Å². The van der Waals surface area contributed by atoms with E-state index in [9.17, 15) is 5.11 Å². The van der Waals surface area contributed by atoms with Gasteiger partial charge in [-0.2, -0.15) is 0 Å². The monoisotopic (exact) mass is 282 g/mol. The molecule has 3 nitrogen and oxygen atoms in total. The van der Waals surface area contributed by atoms with Crippen molar-refractivity contribution in [1.29, 1.82) is 0 Å². The Balaban J connectivity index is 2.58. The molecule has 0 fully saturated rings. The van der Waals surface area contributed by atoms with Crippen molar-refractivity contribution in [1.82, 2.24) is 4.98 Å². The van der Waals surface area contributed by atoms with E-state index in [1.54, 1.807) is 30.5 Å². The zero-order chi connectivity index (χ0) is 13.3. The largest absolute Gasteiger partial charge is 0.383 e. The number of aryl methyl sites for hydroxylation is 1. The Morgan fingerprint density at radius 3 is 2.33 bits per heavy atom. The van der Waals surface area contributed by atoms with Crippen LogP contribution in [0.5, 0.6) is 0 Å². The molecule has 0 bridgehead atoms. The van der Waals surface area contributed by atoms with Gasteiger partial charge in [0.25, 0.3) is 0 Å². The summed E-state index contributed by atoms with van der Waals surface area (Å²) in [6.45, 7) is 1.85. The van der Waals surface area contributed by atoms with E-state index in [4.69, 9.17) is 28.9 Å². The van der Waals surface area contributed by atoms with E-state index in [1.165, 1.54) is 0 Å². The van der Waals surface area contributed by atoms with Gasteiger partial charge in [0, 0.05) is 27.4 Å². The summed E-state index contributed by atoms with van der Waals surface area (Å²) in [4.78, 5) is 3.98. The summed E-state index contributed by atoms with van der Waals surface area (Å²) < 4.78 is 0. The van der Waals surface area contributed by atoms with Gasteiger partial charge in [-0.3, -0.25) is 0 Å². The predicted octanol–water partition coefficient (Wildman–Crippen LogP) is 3.36. The molecule has 0 amide bonds. The highest BCUT2D eigenvalue weighted by molar-refractivity contribution is 6.36. The lowest BCUT2D eigenvalue weighted by Crippen LogP contribution is -2.08. The number of nitrogen functional groups attached to an aromatic ring is 1. The average molecular weight is 283 g/mol. The van der Waals surface area contributed by atoms with Gasteiger partial charge in [0.15, 0.2) is 0 Å². The van der Waals surface area contributed by atoms with Crippen LogP contribution in [0.3, 0.4) is 0 Å². The number of anilines is 1. The van der Waals surface area contributed by atoms with E-state index in [1.807, 2.05) is 6.92 Å². The average Bonchev–Trinajstić information content (AvgIpc) is 2.28. The normalized spacial score (nSPS) is 12.4. The minimum Gasteiger partial charge on any atom is -0.383 e. The van der Waals surface area contributed by atoms with Crippen molar-refractivity contribution < 1.29 is 5.11 Å². The van der Waals surface area contributed by atoms with Gasteiger partial charge in [-0.25, -0.2) is 4.98 Å². The van der Waals surface area contributed by atoms with E-state index in [0.29, 0.717) is 21.2 Å². The molecule has 5 heteroatoms. The Morgan fingerprint density at radius 2 is 1.78 bits per heavy atom. The highest BCUT2D eigenvalue weighted by Gasteiger charge is 2.21. The number of nitrogens with two attached hydrogens (primary N) is 1. The molecule has 1 aromatic heterocycles. The van der Waals surface area contributed by atoms with Gasteiger partial charge in [-0.1, -0.05) is 29.3 Å². The van der Waals surface area contributed by atoms with E-state index in [2.05, 4.69) is 4.98 Å². The molecule has 0 radical (unpaired) electrons. The molecule has 0 aliphatic heterocycles. The third kappa shape index (κ3) is 2.29. The summed E-state index contributed by atoms with van der Waals surface area (Å²) in [6, 6.07) is 6.85. The number of aliphatic hydroxyl groups is 1. The second-order valence-electron chi connectivity index (χ2n) is 3.96. The minimum absolute atomic E-state index is 0.276. The maximum absolute atomic E-state index is 10.4. The van der Waals surface area contributed by atoms with E-state index >= 15 is 0 Å². The summed E-state index contributed by atoms with van der Waals surface area (Å²) in [5, 5.41) is 11.2. The second kappa shape index (κ2) is 5.14. The van der Waals surface area contributed by atoms with Crippen molar-refractivity contribution in [2.45, 2.75) is 13.0 Å². The van der Waals surface area contributed by atoms with Crippen molar-refractivity contribution in [3.8, 4) is 0 Å². The van der Waals surface area contributed by atoms with Crippen LogP contribution in [0.15, 0.2) is 30.5 Å². The molecule has 94 valence electrons. The lowest BCUT2D eigenvalue weighted by atomic mass is 9.98. The summed E-state index contributed by atoms with van der Waals surface area (Å²) >= 11 is 12.1. The van der Waals surface area contributed by atoms with Gasteiger partial charge >= 0.3 is 0 Å². The topological polar surface area (TPSA) is 59.1 Å². The van der Waals surface area contributed by atoms with Crippen LogP contribution in [0, 0.1) is 6.92 Å². The smallest absolute Gasteiger partial charge is 0.129 e. The number of benzene rings is 1. The van der Waals surface area contributed by atoms with Crippen molar-refractivity contribution in [3.63, 3.8) is 0 Å². The zero-order valence-electron chi connectivity index (χ0n) is 9.69. The minimum atomic E-state index is -0.986. The molecule has 0 aliphatic carbocycles. The maximum atomic E-state index is 10.4. The second-order valence-corrected chi connectivity index (χ2v) is 4.78. The summed E-state index contributed by atoms with van der Waals surface area (Å²) in [7, 11) is 0. The molecular weight excluding hydrogens is 271 g/mol. The van der Waals surface area contributed by atoms with Crippen LogP contribution in [-0.4, -0.2) is 10.1 Å². The maximum Gasteiger partial charge on any atom is 0.129 e. The fourth-order valence-corrected chi connectivity index (χ4v) is 2.47. The first kappa shape index (κ1) is 13.1. The quantitative estimate of drug-likeness (QED) is 0.888. The predicted molar refractivity (Wildman–Crippen MR) is 73.9 cm³/mol. The van der Waals surface area contributed by atoms with Crippen molar-refractivity contribution in [3.05, 3.63) is 57.2 Å². The van der Waals surface area contributed by atoms with Crippen molar-refractivity contribution in [2.75, 3.05) is 5.73 Å². The number of halogens is 2. The summed E-state index contributed by atoms with van der Waals surface area (Å²) in [5.41, 5.74) is 7.62. The van der Waals surface area contributed by atoms with E-state index in [-0.39, 0.29) is 5.82 Å². The van der Waals surface area contributed by atoms with Gasteiger partial charge in [-0.15, -0.1) is 0 Å². The first-order valence-electron chi connectivity index (χ1n) is 5.35. The number of nitrogens with zero attached hydrogens (tertiary/aromatic N) is 1. The molecular formula is C13H12Cl2N2O. The molecule has 2 rings (SSSR count). The molecule has 0 aliphatic rings. The molecule has 1 unspecified atom stereocenters. The fourth-order valence-electron chi connectivity index (χ4n) is 1.86. The fraction of sp³-hybridized carbons (Fsp3) is 0.154. The first-order valence-corrected chi connectivity index (χ1v) is 6.11. The molecule has 1 atom stereocenters. The number of rotatable bonds is 2. The SMILES string of the molecule is Cc1ccnc(N)c1C(O)c1c(Cl)cccc1Cl. The Kier molecular flexibility index (Phi) is 3.76. The van der Waals surface area contributed by atoms with Crippen LogP contribution in [0.1, 0.15) is 22.8 Å². The molecule has 2 aromatic rings. The molecule has 1 aromatic carbocycles. The number of hydrogen-bond acceptors (Lipinski definition) is 3. The third-order valence-corrected chi connectivity index (χ3v) is 3.44. The van der Waals surface area contributed by atoms with Crippen molar-refractivity contribution in [2.24, 2.45) is 0 Å². The Labute approximate surface area is 115 Å². The highest BCUT2D eigenvalue weighted by Crippen LogP contribution is 2.36. The van der Waals surface area contributed by atoms with Gasteiger partial charge in [0.1, 0.15) is 11.9 Å². The van der Waals surface area contributed by atoms with Crippen LogP contribution in [0.2, 0.25) is 10.0 Å². The lowest BCUT2D eigenvalue weighted by molar-refractivity contribution is 0.220. The van der Waals surface area contributed by atoms with Crippen molar-refractivity contribution >= 4 is 29.0 Å². The summed E-state index contributed by atoms with van der Waals surface area (Å²) in [6.07, 6.45) is 0.606. The zero-order valence-corrected chi connectivity index (χ0v) is 11.2. The molecule has 0 saturated heterocycles. The highest BCUT2D eigenvalue weighted by atomic mass is 35.5. The third-order valence-electron chi connectivity index (χ3n) is 2.79. The summed E-state index contributed by atoms with van der Waals surface area (Å²) in [5.74, 6) is 0.276. The standard InChI is InChI=1S/C13H12Cl2N2O/c1-7-5-6-17-13(16)10(7)12(18)11-8(14)3-2-4-9(11)15/h2-6,12,18H,1H3,(H2,16,17). The number of aliphatic hydroxyl groups excluding tert-OH is 1. The van der Waals surface area contributed by atoms with Gasteiger partial charge in [-0.05, 0) is 30.7 Å². The van der Waals surface area contributed by atoms with Crippen LogP contribution in [0.25, 0.3) is 0 Å². The number of pyridine rings is 1. The van der Waals surface area contributed by atoms with E-state index < -0.39 is 6.10 Å². The Hall–Kier alpha value is -1.29. The number of hydrogen-bond donors (Lipinski definition) is 2. The first-order chi connectivity index (χ1) is 8.52. The molecule has 0 saturated carbocycles. The van der Waals surface area contributed by atoms with Crippen LogP contribution in [-0.2, 0) is 0 Å². The van der Waals surface area contributed by atoms with Crippen LogP contribution < -0.4 is 5.73 Å². The lowest BCUT2D eigenvalue weighted by Gasteiger charge is -2.18. The van der Waals surface area contributed by atoms with Gasteiger partial charge < -0.3 is 10.8 Å². The van der Waals surface area contributed by atoms with Crippen LogP contribution >= 0.6 is 23.2 Å². The van der Waals surface area contributed by atoms with Crippen LogP contribution in [0.4, 0.5) is 5.82 Å². The number of aromatic nitrogens is 1. The Bertz CT molecular complexity index is 495. The molecule has 0 spiro atoms. The Morgan fingerprint density at radius 1 is 1.17 bits per heavy atom. The van der Waals surface area contributed by atoms with Gasteiger partial charge in [0.05, 0.1) is 0 Å². The molecule has 1 heterocycles. The van der Waals surface area contributed by atoms with E-state index in [0.717, 1.165) is 5.56 Å². The molecule has 3 N–H and O–H groups in total.